The lowest BCUT2D eigenvalue weighted by atomic mass is 10.2. The Morgan fingerprint density at radius 2 is 2.23 bits per heavy atom. The fourth-order valence-electron chi connectivity index (χ4n) is 1.15. The van der Waals surface area contributed by atoms with Crippen molar-refractivity contribution < 1.29 is 9.18 Å². The molecule has 2 rings (SSSR count). The van der Waals surface area contributed by atoms with E-state index in [1.54, 1.807) is 11.4 Å². The number of aldehydes is 1. The van der Waals surface area contributed by atoms with Gasteiger partial charge in [0.05, 0.1) is 9.72 Å². The minimum absolute atomic E-state index is 0.0896. The Bertz CT molecular complexity index is 478. The van der Waals surface area contributed by atoms with E-state index in [1.807, 2.05) is 0 Å². The molecule has 1 aromatic carbocycles. The summed E-state index contributed by atoms with van der Waals surface area (Å²) in [5, 5.41) is 2.34. The van der Waals surface area contributed by atoms with Crippen molar-refractivity contribution >= 4 is 39.3 Å². The monoisotopic (exact) mass is 214 g/mol. The zero-order valence-electron chi connectivity index (χ0n) is 6.38. The molecule has 2 aromatic rings. The maximum atomic E-state index is 13.3. The predicted octanol–water partition coefficient (Wildman–Crippen LogP) is 3.51. The first-order valence-corrected chi connectivity index (χ1v) is 4.80. The first-order valence-electron chi connectivity index (χ1n) is 3.54. The normalized spacial score (nSPS) is 10.6. The number of carbonyl (C=O) groups is 1. The lowest BCUT2D eigenvalue weighted by Crippen LogP contribution is -1.79. The third kappa shape index (κ3) is 1.24. The molecule has 0 N–H and O–H groups in total. The van der Waals surface area contributed by atoms with Crippen LogP contribution in [0.5, 0.6) is 0 Å². The van der Waals surface area contributed by atoms with E-state index in [4.69, 9.17) is 11.6 Å². The van der Waals surface area contributed by atoms with E-state index in [1.165, 1.54) is 17.4 Å². The summed E-state index contributed by atoms with van der Waals surface area (Å²) >= 11 is 6.77. The molecule has 1 aromatic heterocycles. The van der Waals surface area contributed by atoms with Gasteiger partial charge in [0, 0.05) is 16.3 Å². The molecule has 1 heterocycles. The Morgan fingerprint density at radius 3 is 2.92 bits per heavy atom. The highest BCUT2D eigenvalue weighted by molar-refractivity contribution is 7.17. The molecule has 66 valence electrons. The van der Waals surface area contributed by atoms with Gasteiger partial charge >= 0.3 is 0 Å². The maximum absolute atomic E-state index is 13.3. The summed E-state index contributed by atoms with van der Waals surface area (Å²) in [6.45, 7) is 0. The minimum Gasteiger partial charge on any atom is -0.298 e. The molecule has 0 aliphatic heterocycles. The van der Waals surface area contributed by atoms with Crippen molar-refractivity contribution in [3.05, 3.63) is 33.9 Å². The molecule has 0 amide bonds. The van der Waals surface area contributed by atoms with Crippen LogP contribution in [0.25, 0.3) is 10.1 Å². The van der Waals surface area contributed by atoms with Gasteiger partial charge in [0.2, 0.25) is 0 Å². The van der Waals surface area contributed by atoms with Crippen molar-refractivity contribution in [2.75, 3.05) is 0 Å². The summed E-state index contributed by atoms with van der Waals surface area (Å²) < 4.78 is 13.7. The quantitative estimate of drug-likeness (QED) is 0.664. The molecule has 0 aliphatic rings. The van der Waals surface area contributed by atoms with Crippen LogP contribution < -0.4 is 0 Å². The number of benzene rings is 1. The van der Waals surface area contributed by atoms with Gasteiger partial charge in [-0.3, -0.25) is 4.79 Å². The highest BCUT2D eigenvalue weighted by atomic mass is 35.5. The van der Waals surface area contributed by atoms with Gasteiger partial charge in [-0.05, 0) is 6.07 Å². The van der Waals surface area contributed by atoms with Crippen LogP contribution in [-0.4, -0.2) is 6.29 Å². The summed E-state index contributed by atoms with van der Waals surface area (Å²) in [5.74, 6) is -0.447. The van der Waals surface area contributed by atoms with Crippen LogP contribution in [-0.2, 0) is 0 Å². The van der Waals surface area contributed by atoms with Crippen molar-refractivity contribution in [3.8, 4) is 0 Å². The SMILES string of the molecule is O=Cc1csc2c(F)c(Cl)ccc12. The average Bonchev–Trinajstić information content (AvgIpc) is 2.55. The molecule has 0 saturated heterocycles. The van der Waals surface area contributed by atoms with Gasteiger partial charge in [-0.25, -0.2) is 4.39 Å². The zero-order chi connectivity index (χ0) is 9.42. The highest BCUT2D eigenvalue weighted by Crippen LogP contribution is 2.31. The number of fused-ring (bicyclic) bond motifs is 1. The standard InChI is InChI=1S/C9H4ClFOS/c10-7-2-1-6-5(3-12)4-13-9(6)8(7)11/h1-4H. The van der Waals surface area contributed by atoms with Crippen molar-refractivity contribution in [1.82, 2.24) is 0 Å². The van der Waals surface area contributed by atoms with E-state index in [-0.39, 0.29) is 5.02 Å². The van der Waals surface area contributed by atoms with Crippen LogP contribution in [0, 0.1) is 5.82 Å². The Morgan fingerprint density at radius 1 is 1.46 bits per heavy atom. The van der Waals surface area contributed by atoms with Crippen LogP contribution in [0.3, 0.4) is 0 Å². The third-order valence-corrected chi connectivity index (χ3v) is 3.09. The fourth-order valence-corrected chi connectivity index (χ4v) is 2.32. The smallest absolute Gasteiger partial charge is 0.159 e. The van der Waals surface area contributed by atoms with E-state index < -0.39 is 5.82 Å². The van der Waals surface area contributed by atoms with Crippen molar-refractivity contribution in [1.29, 1.82) is 0 Å². The van der Waals surface area contributed by atoms with Gasteiger partial charge < -0.3 is 0 Å². The zero-order valence-corrected chi connectivity index (χ0v) is 7.95. The van der Waals surface area contributed by atoms with Crippen molar-refractivity contribution in [3.63, 3.8) is 0 Å². The Balaban J connectivity index is 2.88. The lowest BCUT2D eigenvalue weighted by Gasteiger charge is -1.94. The molecular formula is C9H4ClFOS. The second kappa shape index (κ2) is 3.09. The molecule has 13 heavy (non-hydrogen) atoms. The van der Waals surface area contributed by atoms with E-state index >= 15 is 0 Å². The van der Waals surface area contributed by atoms with Gasteiger partial charge in [0.1, 0.15) is 0 Å². The molecule has 0 aliphatic carbocycles. The van der Waals surface area contributed by atoms with E-state index in [0.717, 1.165) is 0 Å². The summed E-state index contributed by atoms with van der Waals surface area (Å²) in [4.78, 5) is 10.5. The highest BCUT2D eigenvalue weighted by Gasteiger charge is 2.09. The number of thiophene rings is 1. The third-order valence-electron chi connectivity index (χ3n) is 1.79. The molecule has 0 unspecified atom stereocenters. The minimum atomic E-state index is -0.447. The number of halogens is 2. The van der Waals surface area contributed by atoms with Crippen molar-refractivity contribution in [2.45, 2.75) is 0 Å². The summed E-state index contributed by atoms with van der Waals surface area (Å²) in [6.07, 6.45) is 0.714. The molecule has 0 spiro atoms. The van der Waals surface area contributed by atoms with Crippen LogP contribution in [0.1, 0.15) is 10.4 Å². The van der Waals surface area contributed by atoms with Crippen molar-refractivity contribution in [2.24, 2.45) is 0 Å². The average molecular weight is 215 g/mol. The number of hydrogen-bond acceptors (Lipinski definition) is 2. The van der Waals surface area contributed by atoms with Gasteiger partial charge in [-0.2, -0.15) is 0 Å². The fraction of sp³-hybridized carbons (Fsp3) is 0. The van der Waals surface area contributed by atoms with E-state index in [0.29, 0.717) is 21.9 Å². The predicted molar refractivity (Wildman–Crippen MR) is 52.2 cm³/mol. The van der Waals surface area contributed by atoms with E-state index in [2.05, 4.69) is 0 Å². The molecule has 4 heteroatoms. The van der Waals surface area contributed by atoms with Gasteiger partial charge in [-0.1, -0.05) is 17.7 Å². The first kappa shape index (κ1) is 8.66. The summed E-state index contributed by atoms with van der Waals surface area (Å²) in [6, 6.07) is 3.11. The van der Waals surface area contributed by atoms with Crippen LogP contribution in [0.2, 0.25) is 5.02 Å². The second-order valence-corrected chi connectivity index (χ2v) is 3.83. The topological polar surface area (TPSA) is 17.1 Å². The molecule has 1 nitrogen and oxygen atoms in total. The molecule has 0 saturated carbocycles. The largest absolute Gasteiger partial charge is 0.298 e. The molecule has 0 bridgehead atoms. The van der Waals surface area contributed by atoms with Gasteiger partial charge in [-0.15, -0.1) is 11.3 Å². The molecular weight excluding hydrogens is 211 g/mol. The molecule has 0 radical (unpaired) electrons. The number of rotatable bonds is 1. The lowest BCUT2D eigenvalue weighted by molar-refractivity contribution is 0.112. The molecule has 0 fully saturated rings. The number of hydrogen-bond donors (Lipinski definition) is 0. The Kier molecular flexibility index (Phi) is 2.06. The Hall–Kier alpha value is -0.930. The van der Waals surface area contributed by atoms with Crippen LogP contribution >= 0.6 is 22.9 Å². The summed E-state index contributed by atoms with van der Waals surface area (Å²) in [5.41, 5.74) is 0.510. The first-order chi connectivity index (χ1) is 6.24. The van der Waals surface area contributed by atoms with Gasteiger partial charge in [0.15, 0.2) is 12.1 Å². The van der Waals surface area contributed by atoms with E-state index in [9.17, 15) is 9.18 Å². The van der Waals surface area contributed by atoms with Gasteiger partial charge in [0.25, 0.3) is 0 Å². The number of carbonyl (C=O) groups excluding carboxylic acids is 1. The Labute approximate surface area is 82.7 Å². The second-order valence-electron chi connectivity index (χ2n) is 2.55. The molecule has 0 atom stereocenters. The summed E-state index contributed by atoms with van der Waals surface area (Å²) in [7, 11) is 0. The van der Waals surface area contributed by atoms with Crippen LogP contribution in [0.4, 0.5) is 4.39 Å². The van der Waals surface area contributed by atoms with Crippen LogP contribution in [0.15, 0.2) is 17.5 Å². The maximum Gasteiger partial charge on any atom is 0.159 e.